The van der Waals surface area contributed by atoms with Gasteiger partial charge in [0, 0.05) is 43.5 Å². The summed E-state index contributed by atoms with van der Waals surface area (Å²) < 4.78 is 5.17. The van der Waals surface area contributed by atoms with Crippen LogP contribution < -0.4 is 0 Å². The predicted molar refractivity (Wildman–Crippen MR) is 91.1 cm³/mol. The molecule has 1 atom stereocenters. The van der Waals surface area contributed by atoms with Crippen LogP contribution in [-0.4, -0.2) is 51.0 Å². The van der Waals surface area contributed by atoms with Crippen molar-refractivity contribution in [3.63, 3.8) is 0 Å². The third kappa shape index (κ3) is 2.82. The summed E-state index contributed by atoms with van der Waals surface area (Å²) in [5.41, 5.74) is 3.54. The lowest BCUT2D eigenvalue weighted by atomic mass is 10.1. The van der Waals surface area contributed by atoms with Crippen molar-refractivity contribution in [3.8, 4) is 0 Å². The number of fused-ring (bicyclic) bond motifs is 1. The monoisotopic (exact) mass is 341 g/mol. The van der Waals surface area contributed by atoms with Gasteiger partial charge in [0.05, 0.1) is 11.7 Å². The van der Waals surface area contributed by atoms with E-state index in [1.54, 1.807) is 13.8 Å². The number of hydrogen-bond acceptors (Lipinski definition) is 6. The van der Waals surface area contributed by atoms with E-state index in [1.807, 2.05) is 11.1 Å². The molecule has 7 nitrogen and oxygen atoms in total. The highest BCUT2D eigenvalue weighted by atomic mass is 16.5. The first-order valence-corrected chi connectivity index (χ1v) is 8.81. The highest BCUT2D eigenvalue weighted by molar-refractivity contribution is 5.96. The summed E-state index contributed by atoms with van der Waals surface area (Å²) in [5, 5.41) is 3.91. The molecule has 0 spiro atoms. The van der Waals surface area contributed by atoms with Crippen molar-refractivity contribution in [1.29, 1.82) is 0 Å². The molecule has 0 N–H and O–H groups in total. The van der Waals surface area contributed by atoms with E-state index in [-0.39, 0.29) is 11.9 Å². The van der Waals surface area contributed by atoms with E-state index in [9.17, 15) is 4.79 Å². The Kier molecular flexibility index (Phi) is 4.03. The van der Waals surface area contributed by atoms with Crippen LogP contribution in [0.25, 0.3) is 0 Å². The molecule has 0 saturated carbocycles. The number of hydrogen-bond donors (Lipinski definition) is 0. The topological polar surface area (TPSA) is 75.4 Å². The summed E-state index contributed by atoms with van der Waals surface area (Å²) in [7, 11) is 2.11. The Morgan fingerprint density at radius 2 is 2.16 bits per heavy atom. The van der Waals surface area contributed by atoms with Crippen LogP contribution in [-0.2, 0) is 13.0 Å². The van der Waals surface area contributed by atoms with Crippen LogP contribution in [0.5, 0.6) is 0 Å². The van der Waals surface area contributed by atoms with E-state index in [1.165, 1.54) is 5.56 Å². The summed E-state index contributed by atoms with van der Waals surface area (Å²) >= 11 is 0. The number of amides is 1. The van der Waals surface area contributed by atoms with Gasteiger partial charge in [-0.1, -0.05) is 5.16 Å². The van der Waals surface area contributed by atoms with Crippen molar-refractivity contribution in [1.82, 2.24) is 24.9 Å². The number of carbonyl (C=O) groups is 1. The molecule has 0 radical (unpaired) electrons. The maximum Gasteiger partial charge on any atom is 0.259 e. The fraction of sp³-hybridized carbons (Fsp3) is 0.556. The number of likely N-dealkylation sites (N-methyl/N-ethyl adjacent to an activating group) is 1. The van der Waals surface area contributed by atoms with Crippen LogP contribution in [0, 0.1) is 13.8 Å². The number of aromatic nitrogens is 3. The Morgan fingerprint density at radius 1 is 1.32 bits per heavy atom. The molecule has 25 heavy (non-hydrogen) atoms. The average molecular weight is 341 g/mol. The van der Waals surface area contributed by atoms with Gasteiger partial charge in [0.1, 0.15) is 11.3 Å². The van der Waals surface area contributed by atoms with Crippen molar-refractivity contribution in [2.24, 2.45) is 0 Å². The fourth-order valence-corrected chi connectivity index (χ4v) is 3.84. The average Bonchev–Trinajstić information content (AvgIpc) is 3.21. The number of carbonyl (C=O) groups excluding carboxylic acids is 1. The second kappa shape index (κ2) is 6.22. The van der Waals surface area contributed by atoms with E-state index in [0.29, 0.717) is 17.0 Å². The normalized spacial score (nSPS) is 20.8. The minimum atomic E-state index is -0.0637. The van der Waals surface area contributed by atoms with Crippen molar-refractivity contribution >= 4 is 5.91 Å². The van der Waals surface area contributed by atoms with E-state index in [2.05, 4.69) is 22.1 Å². The van der Waals surface area contributed by atoms with Crippen molar-refractivity contribution in [3.05, 3.63) is 40.3 Å². The van der Waals surface area contributed by atoms with E-state index >= 15 is 0 Å². The van der Waals surface area contributed by atoms with Crippen molar-refractivity contribution in [2.45, 2.75) is 45.7 Å². The Hall–Kier alpha value is -2.28. The lowest BCUT2D eigenvalue weighted by molar-refractivity contribution is 0.0727. The van der Waals surface area contributed by atoms with E-state index in [4.69, 9.17) is 9.51 Å². The zero-order chi connectivity index (χ0) is 17.6. The molecule has 2 aliphatic rings. The molecule has 1 amide bonds. The highest BCUT2D eigenvalue weighted by Crippen LogP contribution is 2.33. The zero-order valence-electron chi connectivity index (χ0n) is 14.9. The second-order valence-electron chi connectivity index (χ2n) is 7.04. The van der Waals surface area contributed by atoms with E-state index < -0.39 is 0 Å². The van der Waals surface area contributed by atoms with Crippen LogP contribution in [0.2, 0.25) is 0 Å². The van der Waals surface area contributed by atoms with Crippen LogP contribution in [0.1, 0.15) is 57.8 Å². The molecule has 0 bridgehead atoms. The maximum absolute atomic E-state index is 13.0. The minimum absolute atomic E-state index is 0.0280. The largest absolute Gasteiger partial charge is 0.361 e. The molecule has 1 fully saturated rings. The quantitative estimate of drug-likeness (QED) is 0.832. The second-order valence-corrected chi connectivity index (χ2v) is 7.04. The molecule has 1 saturated heterocycles. The number of likely N-dealkylation sites (tertiary alicyclic amines) is 1. The minimum Gasteiger partial charge on any atom is -0.361 e. The van der Waals surface area contributed by atoms with Gasteiger partial charge in [0.15, 0.2) is 5.82 Å². The van der Waals surface area contributed by atoms with Gasteiger partial charge >= 0.3 is 0 Å². The van der Waals surface area contributed by atoms with Gasteiger partial charge < -0.3 is 14.3 Å². The molecule has 132 valence electrons. The third-order valence-corrected chi connectivity index (χ3v) is 5.20. The molecule has 0 unspecified atom stereocenters. The molecule has 4 heterocycles. The van der Waals surface area contributed by atoms with E-state index in [0.717, 1.165) is 50.4 Å². The smallest absolute Gasteiger partial charge is 0.259 e. The van der Waals surface area contributed by atoms with Crippen LogP contribution in [0.4, 0.5) is 0 Å². The van der Waals surface area contributed by atoms with Gasteiger partial charge in [0.25, 0.3) is 5.91 Å². The van der Waals surface area contributed by atoms with Crippen LogP contribution >= 0.6 is 0 Å². The van der Waals surface area contributed by atoms with Crippen LogP contribution in [0.3, 0.4) is 0 Å². The number of nitrogens with zero attached hydrogens (tertiary/aromatic N) is 5. The standard InChI is InChI=1S/C18H23N5O2/c1-11-16(12(2)25-21-11)18(24)23-7-4-5-15(23)17-19-9-13-10-22(3)8-6-14(13)20-17/h9,15H,4-8,10H2,1-3H3/t15-/m0/s1. The lowest BCUT2D eigenvalue weighted by Gasteiger charge is -2.27. The molecule has 2 aromatic rings. The Balaban J connectivity index is 1.63. The van der Waals surface area contributed by atoms with Crippen LogP contribution in [0.15, 0.2) is 10.7 Å². The molecular weight excluding hydrogens is 318 g/mol. The van der Waals surface area contributed by atoms with Crippen molar-refractivity contribution in [2.75, 3.05) is 20.1 Å². The first-order valence-electron chi connectivity index (χ1n) is 8.81. The first kappa shape index (κ1) is 16.2. The predicted octanol–water partition coefficient (Wildman–Crippen LogP) is 2.05. The van der Waals surface area contributed by atoms with Crippen molar-refractivity contribution < 1.29 is 9.32 Å². The molecule has 0 aromatic carbocycles. The summed E-state index contributed by atoms with van der Waals surface area (Å²) in [6, 6.07) is -0.0637. The third-order valence-electron chi connectivity index (χ3n) is 5.20. The summed E-state index contributed by atoms with van der Waals surface area (Å²) in [6.07, 6.45) is 4.73. The Bertz CT molecular complexity index is 796. The molecule has 0 aliphatic carbocycles. The summed E-state index contributed by atoms with van der Waals surface area (Å²) in [6.45, 7) is 6.21. The first-order chi connectivity index (χ1) is 12.0. The van der Waals surface area contributed by atoms with Gasteiger partial charge in [-0.15, -0.1) is 0 Å². The zero-order valence-corrected chi connectivity index (χ0v) is 14.9. The lowest BCUT2D eigenvalue weighted by Crippen LogP contribution is -2.33. The van der Waals surface area contributed by atoms with Gasteiger partial charge in [-0.2, -0.15) is 0 Å². The highest BCUT2D eigenvalue weighted by Gasteiger charge is 2.35. The van der Waals surface area contributed by atoms with Gasteiger partial charge in [-0.05, 0) is 33.7 Å². The molecule has 4 rings (SSSR count). The van der Waals surface area contributed by atoms with Gasteiger partial charge in [-0.25, -0.2) is 9.97 Å². The molecule has 2 aliphatic heterocycles. The fourth-order valence-electron chi connectivity index (χ4n) is 3.84. The summed E-state index contributed by atoms with van der Waals surface area (Å²) in [4.78, 5) is 26.6. The molecule has 2 aromatic heterocycles. The Labute approximate surface area is 147 Å². The Morgan fingerprint density at radius 3 is 2.92 bits per heavy atom. The van der Waals surface area contributed by atoms with Gasteiger partial charge in [-0.3, -0.25) is 4.79 Å². The summed E-state index contributed by atoms with van der Waals surface area (Å²) in [5.74, 6) is 1.31. The molecule has 7 heteroatoms. The van der Waals surface area contributed by atoms with Gasteiger partial charge in [0.2, 0.25) is 0 Å². The number of rotatable bonds is 2. The SMILES string of the molecule is Cc1noc(C)c1C(=O)N1CCC[C@H]1c1ncc2c(n1)CCN(C)C2. The maximum atomic E-state index is 13.0. The molecular formula is C18H23N5O2. The number of aryl methyl sites for hydroxylation is 2.